The van der Waals surface area contributed by atoms with Crippen molar-refractivity contribution in [1.29, 1.82) is 0 Å². The summed E-state index contributed by atoms with van der Waals surface area (Å²) in [5.74, 6) is 0.640. The van der Waals surface area contributed by atoms with Crippen molar-refractivity contribution >= 4 is 11.6 Å². The number of nitrogens with zero attached hydrogens (tertiary/aromatic N) is 4. The minimum absolute atomic E-state index is 0.108. The zero-order chi connectivity index (χ0) is 19.6. The van der Waals surface area contributed by atoms with Crippen molar-refractivity contribution in [1.82, 2.24) is 14.7 Å². The summed E-state index contributed by atoms with van der Waals surface area (Å²) in [6.45, 7) is 13.9. The largest absolute Gasteiger partial charge is 0.367 e. The molecular weight excluding hydrogens is 336 g/mol. The van der Waals surface area contributed by atoms with Gasteiger partial charge in [0.25, 0.3) is 5.91 Å². The summed E-state index contributed by atoms with van der Waals surface area (Å²) in [5, 5.41) is 4.64. The van der Waals surface area contributed by atoms with E-state index in [0.29, 0.717) is 5.92 Å². The number of hydrogen-bond acceptors (Lipinski definition) is 3. The molecule has 146 valence electrons. The molecule has 1 unspecified atom stereocenters. The number of anilines is 1. The lowest BCUT2D eigenvalue weighted by atomic mass is 10.1. The van der Waals surface area contributed by atoms with Gasteiger partial charge in [0.2, 0.25) is 0 Å². The highest BCUT2D eigenvalue weighted by molar-refractivity contribution is 5.93. The number of piperazine rings is 1. The molecule has 1 amide bonds. The Morgan fingerprint density at radius 3 is 2.63 bits per heavy atom. The number of hydrogen-bond donors (Lipinski definition) is 0. The maximum absolute atomic E-state index is 13.2. The molecular formula is C22H32N4O. The number of rotatable bonds is 5. The fourth-order valence-corrected chi connectivity index (χ4v) is 3.94. The van der Waals surface area contributed by atoms with Gasteiger partial charge in [0.1, 0.15) is 5.69 Å². The molecule has 3 rings (SSSR count). The van der Waals surface area contributed by atoms with Crippen LogP contribution in [0.25, 0.3) is 0 Å². The van der Waals surface area contributed by atoms with E-state index in [2.05, 4.69) is 62.0 Å². The molecule has 0 N–H and O–H groups in total. The average molecular weight is 369 g/mol. The van der Waals surface area contributed by atoms with Crippen LogP contribution in [0, 0.1) is 12.8 Å². The molecule has 1 atom stereocenters. The summed E-state index contributed by atoms with van der Waals surface area (Å²) in [7, 11) is 0. The van der Waals surface area contributed by atoms with Crippen molar-refractivity contribution in [2.75, 3.05) is 24.5 Å². The van der Waals surface area contributed by atoms with Gasteiger partial charge in [-0.2, -0.15) is 5.10 Å². The molecule has 1 aliphatic heterocycles. The third kappa shape index (κ3) is 4.18. The maximum Gasteiger partial charge on any atom is 0.272 e. The van der Waals surface area contributed by atoms with Crippen LogP contribution >= 0.6 is 0 Å². The first-order valence-electron chi connectivity index (χ1n) is 10.1. The van der Waals surface area contributed by atoms with E-state index in [1.807, 2.05) is 22.6 Å². The predicted octanol–water partition coefficient (Wildman–Crippen LogP) is 3.76. The molecule has 27 heavy (non-hydrogen) atoms. The van der Waals surface area contributed by atoms with Crippen LogP contribution < -0.4 is 4.90 Å². The quantitative estimate of drug-likeness (QED) is 0.807. The van der Waals surface area contributed by atoms with Crippen LogP contribution in [-0.4, -0.2) is 46.3 Å². The second kappa shape index (κ2) is 8.15. The lowest BCUT2D eigenvalue weighted by Crippen LogP contribution is -2.54. The van der Waals surface area contributed by atoms with Crippen molar-refractivity contribution in [2.45, 2.75) is 53.6 Å². The van der Waals surface area contributed by atoms with Gasteiger partial charge in [-0.25, -0.2) is 0 Å². The van der Waals surface area contributed by atoms with E-state index in [0.717, 1.165) is 44.0 Å². The van der Waals surface area contributed by atoms with Crippen LogP contribution in [0.4, 0.5) is 5.69 Å². The van der Waals surface area contributed by atoms with Crippen LogP contribution in [0.3, 0.4) is 0 Å². The van der Waals surface area contributed by atoms with E-state index in [1.54, 1.807) is 0 Å². The molecule has 1 saturated heterocycles. The lowest BCUT2D eigenvalue weighted by molar-refractivity contribution is 0.0661. The average Bonchev–Trinajstić information content (AvgIpc) is 3.03. The van der Waals surface area contributed by atoms with Gasteiger partial charge in [-0.05, 0) is 50.8 Å². The van der Waals surface area contributed by atoms with Gasteiger partial charge >= 0.3 is 0 Å². The second-order valence-electron chi connectivity index (χ2n) is 8.01. The van der Waals surface area contributed by atoms with E-state index in [1.165, 1.54) is 11.3 Å². The SMILES string of the molecule is CCn1nc(CC(C)C)cc1C(=O)N1CCN(c2ccccc2C)CC1C. The number of para-hydroxylation sites is 1. The molecule has 0 spiro atoms. The Bertz CT molecular complexity index is 795. The Morgan fingerprint density at radius 1 is 1.26 bits per heavy atom. The molecule has 2 aromatic rings. The monoisotopic (exact) mass is 368 g/mol. The summed E-state index contributed by atoms with van der Waals surface area (Å²) in [5.41, 5.74) is 4.30. The standard InChI is InChI=1S/C22H32N4O/c1-6-26-21(14-19(23-26)13-16(2)3)22(27)25-12-11-24(15-18(25)5)20-10-8-7-9-17(20)4/h7-10,14,16,18H,6,11-13,15H2,1-5H3. The van der Waals surface area contributed by atoms with E-state index >= 15 is 0 Å². The normalized spacial score (nSPS) is 17.6. The van der Waals surface area contributed by atoms with E-state index in [4.69, 9.17) is 0 Å². The minimum Gasteiger partial charge on any atom is -0.367 e. The Kier molecular flexibility index (Phi) is 5.88. The zero-order valence-electron chi connectivity index (χ0n) is 17.3. The highest BCUT2D eigenvalue weighted by atomic mass is 16.2. The Hall–Kier alpha value is -2.30. The smallest absolute Gasteiger partial charge is 0.272 e. The maximum atomic E-state index is 13.2. The van der Waals surface area contributed by atoms with E-state index in [-0.39, 0.29) is 11.9 Å². The number of aromatic nitrogens is 2. The molecule has 1 aromatic heterocycles. The fraction of sp³-hybridized carbons (Fsp3) is 0.545. The number of carbonyl (C=O) groups is 1. The van der Waals surface area contributed by atoms with Crippen LogP contribution in [0.1, 0.15) is 49.4 Å². The van der Waals surface area contributed by atoms with Gasteiger partial charge in [-0.1, -0.05) is 32.0 Å². The van der Waals surface area contributed by atoms with E-state index in [9.17, 15) is 4.79 Å². The number of benzene rings is 1. The first-order chi connectivity index (χ1) is 12.9. The summed E-state index contributed by atoms with van der Waals surface area (Å²) in [6.07, 6.45) is 0.907. The molecule has 0 aliphatic carbocycles. The molecule has 2 heterocycles. The van der Waals surface area contributed by atoms with Crippen molar-refractivity contribution < 1.29 is 4.79 Å². The highest BCUT2D eigenvalue weighted by Gasteiger charge is 2.30. The van der Waals surface area contributed by atoms with Crippen LogP contribution in [-0.2, 0) is 13.0 Å². The molecule has 5 nitrogen and oxygen atoms in total. The molecule has 1 aromatic carbocycles. The van der Waals surface area contributed by atoms with Crippen LogP contribution in [0.15, 0.2) is 30.3 Å². The molecule has 1 fully saturated rings. The highest BCUT2D eigenvalue weighted by Crippen LogP contribution is 2.24. The van der Waals surface area contributed by atoms with Crippen molar-refractivity contribution in [3.8, 4) is 0 Å². The van der Waals surface area contributed by atoms with Gasteiger partial charge in [0, 0.05) is 37.9 Å². The Balaban J connectivity index is 1.75. The van der Waals surface area contributed by atoms with Crippen molar-refractivity contribution in [2.24, 2.45) is 5.92 Å². The minimum atomic E-state index is 0.108. The van der Waals surface area contributed by atoms with Gasteiger partial charge in [-0.3, -0.25) is 9.48 Å². The Labute approximate surface area is 163 Å². The molecule has 0 radical (unpaired) electrons. The summed E-state index contributed by atoms with van der Waals surface area (Å²) in [6, 6.07) is 10.6. The van der Waals surface area contributed by atoms with Crippen molar-refractivity contribution in [3.05, 3.63) is 47.3 Å². The van der Waals surface area contributed by atoms with Gasteiger partial charge in [-0.15, -0.1) is 0 Å². The van der Waals surface area contributed by atoms with Gasteiger partial charge in [0.05, 0.1) is 5.69 Å². The number of amides is 1. The zero-order valence-corrected chi connectivity index (χ0v) is 17.3. The second-order valence-corrected chi connectivity index (χ2v) is 8.01. The molecule has 1 aliphatic rings. The third-order valence-electron chi connectivity index (χ3n) is 5.31. The van der Waals surface area contributed by atoms with Crippen LogP contribution in [0.5, 0.6) is 0 Å². The van der Waals surface area contributed by atoms with E-state index < -0.39 is 0 Å². The summed E-state index contributed by atoms with van der Waals surface area (Å²) < 4.78 is 1.86. The fourth-order valence-electron chi connectivity index (χ4n) is 3.94. The third-order valence-corrected chi connectivity index (χ3v) is 5.31. The van der Waals surface area contributed by atoms with Gasteiger partial charge in [0.15, 0.2) is 0 Å². The molecule has 0 bridgehead atoms. The Morgan fingerprint density at radius 2 is 2.00 bits per heavy atom. The molecule has 5 heteroatoms. The van der Waals surface area contributed by atoms with Crippen molar-refractivity contribution in [3.63, 3.8) is 0 Å². The molecule has 0 saturated carbocycles. The first kappa shape index (κ1) is 19.5. The number of carbonyl (C=O) groups excluding carboxylic acids is 1. The first-order valence-corrected chi connectivity index (χ1v) is 10.1. The van der Waals surface area contributed by atoms with Crippen LogP contribution in [0.2, 0.25) is 0 Å². The summed E-state index contributed by atoms with van der Waals surface area (Å²) in [4.78, 5) is 17.7. The lowest BCUT2D eigenvalue weighted by Gasteiger charge is -2.41. The topological polar surface area (TPSA) is 41.4 Å². The van der Waals surface area contributed by atoms with Gasteiger partial charge < -0.3 is 9.80 Å². The number of aryl methyl sites for hydroxylation is 2. The predicted molar refractivity (Wildman–Crippen MR) is 110 cm³/mol. The summed E-state index contributed by atoms with van der Waals surface area (Å²) >= 11 is 0.